The van der Waals surface area contributed by atoms with Crippen LogP contribution in [0, 0.1) is 11.6 Å². The summed E-state index contributed by atoms with van der Waals surface area (Å²) >= 11 is 3.03. The number of nitrogens with zero attached hydrogens (tertiary/aromatic N) is 12. The van der Waals surface area contributed by atoms with Crippen molar-refractivity contribution in [2.45, 2.75) is 49.9 Å². The van der Waals surface area contributed by atoms with Crippen LogP contribution in [-0.2, 0) is 54.6 Å². The number of carbonyl (C=O) groups is 1. The molecule has 0 fully saturated rings. The van der Waals surface area contributed by atoms with E-state index in [9.17, 15) is 13.6 Å². The highest BCUT2D eigenvalue weighted by Gasteiger charge is 2.41. The van der Waals surface area contributed by atoms with E-state index >= 15 is 0 Å². The second-order valence-corrected chi connectivity index (χ2v) is 23.9. The van der Waals surface area contributed by atoms with Crippen LogP contribution >= 0.6 is 22.7 Å². The van der Waals surface area contributed by atoms with Crippen LogP contribution in [0.5, 0.6) is 0 Å². The molecule has 14 aromatic rings. The van der Waals surface area contributed by atoms with Crippen LogP contribution in [0.3, 0.4) is 0 Å². The predicted molar refractivity (Wildman–Crippen MR) is 370 cm³/mol. The zero-order valence-corrected chi connectivity index (χ0v) is 53.2. The molecule has 95 heavy (non-hydrogen) atoms. The molecule has 0 amide bonds. The fourth-order valence-corrected chi connectivity index (χ4v) is 13.6. The first-order valence-corrected chi connectivity index (χ1v) is 32.6. The number of fused-ring (bicyclic) bond motifs is 2. The van der Waals surface area contributed by atoms with Crippen molar-refractivity contribution in [3.05, 3.63) is 334 Å². The monoisotopic (exact) mass is 1300 g/mol. The third-order valence-electron chi connectivity index (χ3n) is 16.0. The Hall–Kier alpha value is -11.0. The summed E-state index contributed by atoms with van der Waals surface area (Å²) in [7, 11) is 0. The van der Waals surface area contributed by atoms with E-state index in [1.165, 1.54) is 52.8 Å². The maximum atomic E-state index is 14.1. The molecular formula is C74H66F2N16OS2. The lowest BCUT2D eigenvalue weighted by Gasteiger charge is -2.38. The summed E-state index contributed by atoms with van der Waals surface area (Å²) in [4.78, 5) is 56.7. The molecule has 8 aromatic heterocycles. The SMILES string of the molecule is Fc1cccnc1CNc1ncnc2sc(CCNCCc3nccn3C(c3ccccc3)(c3ccccc3)c3ccccc3)nc12.NCCc1nc2c(NCc3ncccc3F)ncnc2s1.O=CCc1nccn1C(c1ccccc1)(c1ccccc1)c1ccccc1. The van der Waals surface area contributed by atoms with Gasteiger partial charge < -0.3 is 35.6 Å². The Morgan fingerprint density at radius 2 is 0.811 bits per heavy atom. The van der Waals surface area contributed by atoms with E-state index in [4.69, 9.17) is 15.7 Å². The minimum atomic E-state index is -0.612. The van der Waals surface area contributed by atoms with Gasteiger partial charge in [0.25, 0.3) is 0 Å². The number of hydrogen-bond donors (Lipinski definition) is 4. The fourth-order valence-electron chi connectivity index (χ4n) is 11.7. The number of aromatic nitrogens is 12. The number of rotatable bonds is 24. The van der Waals surface area contributed by atoms with Gasteiger partial charge >= 0.3 is 0 Å². The number of nitrogens with one attached hydrogen (secondary N) is 3. The Morgan fingerprint density at radius 3 is 1.20 bits per heavy atom. The summed E-state index contributed by atoms with van der Waals surface area (Å²) in [5.74, 6) is 2.16. The largest absolute Gasteiger partial charge is 0.362 e. The Labute approximate surface area is 556 Å². The summed E-state index contributed by atoms with van der Waals surface area (Å²) in [5, 5.41) is 11.7. The van der Waals surface area contributed by atoms with E-state index in [-0.39, 0.29) is 31.1 Å². The molecule has 8 heterocycles. The summed E-state index contributed by atoms with van der Waals surface area (Å²) < 4.78 is 32.1. The van der Waals surface area contributed by atoms with Crippen molar-refractivity contribution in [1.29, 1.82) is 0 Å². The highest BCUT2D eigenvalue weighted by atomic mass is 32.1. The van der Waals surface area contributed by atoms with Gasteiger partial charge in [-0.1, -0.05) is 205 Å². The lowest BCUT2D eigenvalue weighted by Crippen LogP contribution is -2.39. The van der Waals surface area contributed by atoms with Crippen LogP contribution in [-0.4, -0.2) is 84.9 Å². The highest BCUT2D eigenvalue weighted by Crippen LogP contribution is 2.43. The molecule has 0 unspecified atom stereocenters. The third kappa shape index (κ3) is 14.3. The molecule has 0 saturated heterocycles. The van der Waals surface area contributed by atoms with Gasteiger partial charge in [-0.15, -0.1) is 0 Å². The first-order valence-electron chi connectivity index (χ1n) is 31.0. The fraction of sp³-hybridized carbons (Fsp3) is 0.149. The Balaban J connectivity index is 0.000000151. The van der Waals surface area contributed by atoms with E-state index in [1.807, 2.05) is 67.0 Å². The molecule has 0 aliphatic heterocycles. The first kappa shape index (κ1) is 64.1. The number of pyridine rings is 2. The lowest BCUT2D eigenvalue weighted by molar-refractivity contribution is -0.107. The maximum Gasteiger partial charge on any atom is 0.157 e. The molecule has 6 aromatic carbocycles. The lowest BCUT2D eigenvalue weighted by atomic mass is 9.76. The minimum absolute atomic E-state index is 0.211. The molecule has 0 atom stereocenters. The third-order valence-corrected chi connectivity index (χ3v) is 18.0. The zero-order valence-electron chi connectivity index (χ0n) is 51.6. The predicted octanol–water partition coefficient (Wildman–Crippen LogP) is 12.8. The zero-order chi connectivity index (χ0) is 65.1. The standard InChI is InChI=1S/C37H33FN8S.C24H20N2O.C13H13FN6S/c38-30-17-10-20-40-31(30)25-42-35-34-36(44-26-43-35)47-33(45-34)19-22-39-21-18-32-41-23-24-46(32)37(27-11-4-1-5-12-27,28-13-6-2-7-14-28)29-15-8-3-9-16-29;27-19-16-23-25-17-18-26(23)24(20-10-4-1-5-11-20,21-12-6-2-7-13-21)22-14-8-3-9-15-22;14-8-2-1-5-16-9(8)6-17-12-11-13(19-7-18-12)21-10(20-11)3-4-15/h1-17,20,23-24,26,39H,18-19,21-22,25H2,(H,42,43,44);1-15,17-19H,16H2;1-2,5,7H,3-4,6,15H2,(H,17,18,19). The van der Waals surface area contributed by atoms with Gasteiger partial charge in [0.2, 0.25) is 0 Å². The van der Waals surface area contributed by atoms with Crippen molar-refractivity contribution in [1.82, 2.24) is 64.3 Å². The minimum Gasteiger partial charge on any atom is -0.362 e. The van der Waals surface area contributed by atoms with Crippen LogP contribution in [0.4, 0.5) is 20.4 Å². The maximum absolute atomic E-state index is 14.1. The number of imidazole rings is 2. The number of aldehydes is 1. The molecule has 0 aliphatic carbocycles. The van der Waals surface area contributed by atoms with E-state index in [1.54, 1.807) is 42.1 Å². The van der Waals surface area contributed by atoms with Crippen molar-refractivity contribution < 1.29 is 13.6 Å². The molecule has 474 valence electrons. The molecular weight excluding hydrogens is 1230 g/mol. The van der Waals surface area contributed by atoms with E-state index in [0.29, 0.717) is 47.0 Å². The van der Waals surface area contributed by atoms with Gasteiger partial charge in [-0.3, -0.25) is 9.97 Å². The van der Waals surface area contributed by atoms with E-state index in [2.05, 4.69) is 199 Å². The average molecular weight is 1300 g/mol. The Kier molecular flexibility index (Phi) is 21.0. The van der Waals surface area contributed by atoms with Crippen LogP contribution in [0.15, 0.2) is 256 Å². The highest BCUT2D eigenvalue weighted by molar-refractivity contribution is 7.18. The molecule has 0 aliphatic rings. The van der Waals surface area contributed by atoms with Gasteiger partial charge in [0.1, 0.15) is 74.0 Å². The molecule has 0 spiro atoms. The van der Waals surface area contributed by atoms with Gasteiger partial charge in [-0.05, 0) is 64.2 Å². The Morgan fingerprint density at radius 1 is 0.432 bits per heavy atom. The molecule has 17 nitrogen and oxygen atoms in total. The van der Waals surface area contributed by atoms with Crippen molar-refractivity contribution in [2.75, 3.05) is 30.3 Å². The topological polar surface area (TPSA) is 218 Å². The molecule has 0 bridgehead atoms. The molecule has 0 radical (unpaired) electrons. The number of thiazole rings is 2. The van der Waals surface area contributed by atoms with Crippen molar-refractivity contribution in [2.24, 2.45) is 5.73 Å². The summed E-state index contributed by atoms with van der Waals surface area (Å²) in [5.41, 5.74) is 13.2. The molecule has 21 heteroatoms. The second-order valence-electron chi connectivity index (χ2n) is 21.7. The van der Waals surface area contributed by atoms with Crippen molar-refractivity contribution >= 4 is 61.3 Å². The molecule has 5 N–H and O–H groups in total. The summed E-state index contributed by atoms with van der Waals surface area (Å²) in [6, 6.07) is 69.0. The average Bonchev–Trinajstić information content (AvgIpc) is 1.69. The normalized spacial score (nSPS) is 11.4. The molecule has 0 saturated carbocycles. The Bertz CT molecular complexity index is 4520. The van der Waals surface area contributed by atoms with Gasteiger partial charge in [0.05, 0.1) is 40.9 Å². The van der Waals surface area contributed by atoms with Crippen LogP contribution in [0.1, 0.15) is 66.4 Å². The van der Waals surface area contributed by atoms with Gasteiger partial charge in [0, 0.05) is 69.5 Å². The van der Waals surface area contributed by atoms with Crippen molar-refractivity contribution in [3.63, 3.8) is 0 Å². The van der Waals surface area contributed by atoms with Gasteiger partial charge in [-0.2, -0.15) is 0 Å². The first-order chi connectivity index (χ1) is 46.9. The van der Waals surface area contributed by atoms with Gasteiger partial charge in [0.15, 0.2) is 11.6 Å². The number of halogens is 2. The van der Waals surface area contributed by atoms with Crippen LogP contribution < -0.4 is 21.7 Å². The second kappa shape index (κ2) is 31.1. The summed E-state index contributed by atoms with van der Waals surface area (Å²) in [6.07, 6.45) is 17.2. The van der Waals surface area contributed by atoms with Gasteiger partial charge in [-0.25, -0.2) is 48.7 Å². The molecule has 14 rings (SSSR count). The number of carbonyl (C=O) groups excluding carboxylic acids is 1. The van der Waals surface area contributed by atoms with Crippen molar-refractivity contribution in [3.8, 4) is 0 Å². The quantitative estimate of drug-likeness (QED) is 0.0251. The van der Waals surface area contributed by atoms with Crippen LogP contribution in [0.2, 0.25) is 0 Å². The van der Waals surface area contributed by atoms with E-state index in [0.717, 1.165) is 80.2 Å². The number of anilines is 2. The summed E-state index contributed by atoms with van der Waals surface area (Å²) in [6.45, 7) is 2.48. The smallest absolute Gasteiger partial charge is 0.157 e. The number of benzene rings is 6. The van der Waals surface area contributed by atoms with Crippen LogP contribution in [0.25, 0.3) is 20.7 Å². The number of nitrogens with two attached hydrogens (primary N) is 1. The van der Waals surface area contributed by atoms with E-state index < -0.39 is 11.1 Å². The number of hydrogen-bond acceptors (Lipinski definition) is 17.